The molecule has 1 heterocycles. The van der Waals surface area contributed by atoms with Crippen LogP contribution in [-0.4, -0.2) is 15.8 Å². The SMILES string of the molecule is O=C(Cc1csc(Cc2cccc(Cl)c2)n1)Nc1ccc(F)c([N+](=O)[O-])c1. The molecule has 3 aromatic rings. The van der Waals surface area contributed by atoms with E-state index in [1.54, 1.807) is 11.4 Å². The molecular formula is C18H13ClFN3O3S. The number of rotatable bonds is 6. The van der Waals surface area contributed by atoms with Crippen molar-refractivity contribution in [3.05, 3.63) is 85.1 Å². The van der Waals surface area contributed by atoms with Crippen LogP contribution in [0.3, 0.4) is 0 Å². The van der Waals surface area contributed by atoms with Crippen LogP contribution in [-0.2, 0) is 17.6 Å². The van der Waals surface area contributed by atoms with Gasteiger partial charge in [0.05, 0.1) is 22.0 Å². The maximum absolute atomic E-state index is 13.3. The van der Waals surface area contributed by atoms with Gasteiger partial charge in [0.2, 0.25) is 11.7 Å². The van der Waals surface area contributed by atoms with E-state index in [9.17, 15) is 19.3 Å². The number of halogens is 2. The second-order valence-electron chi connectivity index (χ2n) is 5.69. The van der Waals surface area contributed by atoms with Crippen molar-refractivity contribution < 1.29 is 14.1 Å². The van der Waals surface area contributed by atoms with Crippen molar-refractivity contribution in [3.8, 4) is 0 Å². The largest absolute Gasteiger partial charge is 0.325 e. The zero-order valence-electron chi connectivity index (χ0n) is 13.8. The van der Waals surface area contributed by atoms with Gasteiger partial charge in [0, 0.05) is 28.6 Å². The second kappa shape index (κ2) is 8.24. The molecule has 0 spiro atoms. The van der Waals surface area contributed by atoms with Crippen LogP contribution in [0.4, 0.5) is 15.8 Å². The summed E-state index contributed by atoms with van der Waals surface area (Å²) < 4.78 is 13.3. The van der Waals surface area contributed by atoms with Gasteiger partial charge in [0.1, 0.15) is 0 Å². The summed E-state index contributed by atoms with van der Waals surface area (Å²) in [6, 6.07) is 10.7. The minimum atomic E-state index is -0.955. The van der Waals surface area contributed by atoms with Gasteiger partial charge < -0.3 is 5.32 Å². The molecule has 1 aromatic heterocycles. The van der Waals surface area contributed by atoms with E-state index < -0.39 is 22.3 Å². The Morgan fingerprint density at radius 3 is 2.85 bits per heavy atom. The summed E-state index contributed by atoms with van der Waals surface area (Å²) in [6.07, 6.45) is 0.619. The number of benzene rings is 2. The minimum Gasteiger partial charge on any atom is -0.325 e. The lowest BCUT2D eigenvalue weighted by molar-refractivity contribution is -0.387. The molecule has 0 aliphatic heterocycles. The number of nitro groups is 1. The molecule has 3 rings (SSSR count). The van der Waals surface area contributed by atoms with Crippen molar-refractivity contribution >= 4 is 40.2 Å². The normalized spacial score (nSPS) is 10.6. The highest BCUT2D eigenvalue weighted by Gasteiger charge is 2.16. The van der Waals surface area contributed by atoms with Crippen LogP contribution in [0, 0.1) is 15.9 Å². The zero-order valence-corrected chi connectivity index (χ0v) is 15.4. The van der Waals surface area contributed by atoms with Gasteiger partial charge in [-0.1, -0.05) is 23.7 Å². The van der Waals surface area contributed by atoms with Gasteiger partial charge in [-0.05, 0) is 29.8 Å². The number of thiazole rings is 1. The first-order valence-corrected chi connectivity index (χ1v) is 9.08. The number of amides is 1. The van der Waals surface area contributed by atoms with Crippen LogP contribution >= 0.6 is 22.9 Å². The highest BCUT2D eigenvalue weighted by atomic mass is 35.5. The smallest absolute Gasteiger partial charge is 0.306 e. The molecule has 138 valence electrons. The van der Waals surface area contributed by atoms with Crippen LogP contribution in [0.2, 0.25) is 5.02 Å². The fourth-order valence-corrected chi connectivity index (χ4v) is 3.47. The second-order valence-corrected chi connectivity index (χ2v) is 7.07. The first kappa shape index (κ1) is 18.9. The van der Waals surface area contributed by atoms with Crippen molar-refractivity contribution in [1.29, 1.82) is 0 Å². The molecule has 2 aromatic carbocycles. The van der Waals surface area contributed by atoms with Gasteiger partial charge in [0.15, 0.2) is 0 Å². The number of nitrogens with one attached hydrogen (secondary N) is 1. The van der Waals surface area contributed by atoms with E-state index in [0.717, 1.165) is 22.7 Å². The first-order valence-electron chi connectivity index (χ1n) is 7.82. The Labute approximate surface area is 162 Å². The summed E-state index contributed by atoms with van der Waals surface area (Å²) in [6.45, 7) is 0. The van der Waals surface area contributed by atoms with Gasteiger partial charge in [-0.2, -0.15) is 4.39 Å². The van der Waals surface area contributed by atoms with Crippen LogP contribution in [0.15, 0.2) is 47.8 Å². The molecule has 0 aliphatic rings. The number of aromatic nitrogens is 1. The summed E-state index contributed by atoms with van der Waals surface area (Å²) in [5, 5.41) is 16.6. The maximum Gasteiger partial charge on any atom is 0.306 e. The standard InChI is InChI=1S/C18H13ClFN3O3S/c19-12-3-1-2-11(6-12)7-18-22-14(10-27-18)9-17(24)21-13-4-5-15(20)16(8-13)23(25)26/h1-6,8,10H,7,9H2,(H,21,24). The van der Waals surface area contributed by atoms with Gasteiger partial charge in [-0.15, -0.1) is 11.3 Å². The third-order valence-electron chi connectivity index (χ3n) is 3.61. The molecule has 0 aliphatic carbocycles. The molecule has 27 heavy (non-hydrogen) atoms. The lowest BCUT2D eigenvalue weighted by atomic mass is 10.2. The number of nitrogens with zero attached hydrogens (tertiary/aromatic N) is 2. The Bertz CT molecular complexity index is 1010. The van der Waals surface area contributed by atoms with Crippen molar-refractivity contribution in [2.75, 3.05) is 5.32 Å². The highest BCUT2D eigenvalue weighted by molar-refractivity contribution is 7.09. The molecule has 0 saturated heterocycles. The number of carbonyl (C=O) groups excluding carboxylic acids is 1. The van der Waals surface area contributed by atoms with E-state index in [1.807, 2.05) is 18.2 Å². The number of hydrogen-bond acceptors (Lipinski definition) is 5. The lowest BCUT2D eigenvalue weighted by Crippen LogP contribution is -2.15. The number of hydrogen-bond donors (Lipinski definition) is 1. The van der Waals surface area contributed by atoms with Crippen LogP contribution in [0.25, 0.3) is 0 Å². The molecule has 6 nitrogen and oxygen atoms in total. The minimum absolute atomic E-state index is 0.0111. The Hall–Kier alpha value is -2.84. The molecule has 0 fully saturated rings. The van der Waals surface area contributed by atoms with E-state index in [0.29, 0.717) is 17.1 Å². The Balaban J connectivity index is 1.63. The molecule has 1 amide bonds. The van der Waals surface area contributed by atoms with E-state index in [2.05, 4.69) is 10.3 Å². The average molecular weight is 406 g/mol. The third-order valence-corrected chi connectivity index (χ3v) is 4.74. The Kier molecular flexibility index (Phi) is 5.78. The number of nitro benzene ring substituents is 1. The molecule has 0 unspecified atom stereocenters. The van der Waals surface area contributed by atoms with Crippen molar-refractivity contribution in [3.63, 3.8) is 0 Å². The van der Waals surface area contributed by atoms with Crippen LogP contribution < -0.4 is 5.32 Å². The summed E-state index contributed by atoms with van der Waals surface area (Å²) in [5.41, 5.74) is 1.07. The van der Waals surface area contributed by atoms with Gasteiger partial charge in [-0.25, -0.2) is 4.98 Å². The third kappa shape index (κ3) is 5.08. The molecule has 0 bridgehead atoms. The lowest BCUT2D eigenvalue weighted by Gasteiger charge is -2.04. The highest BCUT2D eigenvalue weighted by Crippen LogP contribution is 2.22. The molecule has 9 heteroatoms. The van der Waals surface area contributed by atoms with Crippen molar-refractivity contribution in [2.45, 2.75) is 12.8 Å². The van der Waals surface area contributed by atoms with E-state index >= 15 is 0 Å². The van der Waals surface area contributed by atoms with Crippen LogP contribution in [0.5, 0.6) is 0 Å². The summed E-state index contributed by atoms with van der Waals surface area (Å²) in [7, 11) is 0. The summed E-state index contributed by atoms with van der Waals surface area (Å²) in [4.78, 5) is 26.5. The average Bonchev–Trinajstić information content (AvgIpc) is 3.03. The van der Waals surface area contributed by atoms with Gasteiger partial charge >= 0.3 is 5.69 Å². The van der Waals surface area contributed by atoms with Crippen molar-refractivity contribution in [1.82, 2.24) is 4.98 Å². The predicted molar refractivity (Wildman–Crippen MR) is 102 cm³/mol. The summed E-state index contributed by atoms with van der Waals surface area (Å²) >= 11 is 7.40. The number of carbonyl (C=O) groups is 1. The summed E-state index contributed by atoms with van der Waals surface area (Å²) in [5.74, 6) is -1.35. The molecule has 0 atom stereocenters. The quantitative estimate of drug-likeness (QED) is 0.479. The predicted octanol–water partition coefficient (Wildman–Crippen LogP) is 4.62. The van der Waals surface area contributed by atoms with E-state index in [-0.39, 0.29) is 12.1 Å². The monoisotopic (exact) mass is 405 g/mol. The van der Waals surface area contributed by atoms with E-state index in [4.69, 9.17) is 11.6 Å². The fourth-order valence-electron chi connectivity index (χ4n) is 2.43. The molecule has 0 saturated carbocycles. The van der Waals surface area contributed by atoms with Gasteiger partial charge in [0.25, 0.3) is 0 Å². The molecular weight excluding hydrogens is 393 g/mol. The van der Waals surface area contributed by atoms with Crippen LogP contribution in [0.1, 0.15) is 16.3 Å². The van der Waals surface area contributed by atoms with E-state index in [1.165, 1.54) is 17.4 Å². The first-order chi connectivity index (χ1) is 12.9. The number of anilines is 1. The Morgan fingerprint density at radius 2 is 2.11 bits per heavy atom. The maximum atomic E-state index is 13.3. The molecule has 0 radical (unpaired) electrons. The zero-order chi connectivity index (χ0) is 19.4. The topological polar surface area (TPSA) is 85.1 Å². The fraction of sp³-hybridized carbons (Fsp3) is 0.111. The molecule has 1 N–H and O–H groups in total. The Morgan fingerprint density at radius 1 is 1.30 bits per heavy atom. The van der Waals surface area contributed by atoms with Crippen molar-refractivity contribution in [2.24, 2.45) is 0 Å². The van der Waals surface area contributed by atoms with Gasteiger partial charge in [-0.3, -0.25) is 14.9 Å².